The maximum Gasteiger partial charge on any atom is 0.178 e. The molecular weight excluding hydrogens is 354 g/mol. The zero-order valence-electron chi connectivity index (χ0n) is 14.7. The highest BCUT2D eigenvalue weighted by atomic mass is 79.9. The van der Waals surface area contributed by atoms with Gasteiger partial charge in [0, 0.05) is 0 Å². The van der Waals surface area contributed by atoms with Crippen LogP contribution in [0.4, 0.5) is 0 Å². The monoisotopic (exact) mass is 387 g/mol. The van der Waals surface area contributed by atoms with E-state index in [0.29, 0.717) is 0 Å². The minimum atomic E-state index is -0.121. The van der Waals surface area contributed by atoms with Crippen molar-refractivity contribution in [1.29, 1.82) is 0 Å². The van der Waals surface area contributed by atoms with E-state index in [-0.39, 0.29) is 28.5 Å². The molecule has 0 fully saturated rings. The lowest BCUT2D eigenvalue weighted by Gasteiger charge is -2.01. The molecule has 3 nitrogen and oxygen atoms in total. The van der Waals surface area contributed by atoms with Crippen LogP contribution in [0.1, 0.15) is 77.6 Å². The number of carbonyl (C=O) groups is 2. The second kappa shape index (κ2) is 19.3. The van der Waals surface area contributed by atoms with Crippen molar-refractivity contribution < 1.29 is 32.3 Å². The number of quaternary nitrogens is 1. The molecular formula is C19H34BrNO2. The molecule has 3 N–H and O–H groups in total. The zero-order valence-corrected chi connectivity index (χ0v) is 16.3. The molecule has 0 saturated heterocycles. The first kappa shape index (κ1) is 24.5. The van der Waals surface area contributed by atoms with E-state index in [0.717, 1.165) is 6.54 Å². The van der Waals surface area contributed by atoms with Crippen molar-refractivity contribution in [2.24, 2.45) is 0 Å². The fraction of sp³-hybridized carbons (Fsp3) is 0.684. The molecule has 0 heterocycles. The van der Waals surface area contributed by atoms with Crippen LogP contribution in [0.15, 0.2) is 24.3 Å². The summed E-state index contributed by atoms with van der Waals surface area (Å²) in [6.07, 6.45) is 20.7. The van der Waals surface area contributed by atoms with E-state index in [9.17, 15) is 9.59 Å². The Morgan fingerprint density at radius 3 is 1.26 bits per heavy atom. The lowest BCUT2D eigenvalue weighted by Crippen LogP contribution is -3.00. The Morgan fingerprint density at radius 2 is 0.957 bits per heavy atom. The average Bonchev–Trinajstić information content (AvgIpc) is 2.53. The molecule has 0 saturated carbocycles. The number of hydrogen-bond acceptors (Lipinski definition) is 2. The summed E-state index contributed by atoms with van der Waals surface area (Å²) in [5.74, 6) is -0.241. The first-order chi connectivity index (χ1) is 10.7. The fourth-order valence-corrected chi connectivity index (χ4v) is 2.28. The van der Waals surface area contributed by atoms with E-state index >= 15 is 0 Å². The third-order valence-electron chi connectivity index (χ3n) is 3.68. The summed E-state index contributed by atoms with van der Waals surface area (Å²) in [5.41, 5.74) is 3.86. The maximum absolute atomic E-state index is 10.3. The quantitative estimate of drug-likeness (QED) is 0.420. The molecule has 0 spiro atoms. The smallest absolute Gasteiger partial charge is 0.178 e. The molecule has 1 aliphatic carbocycles. The van der Waals surface area contributed by atoms with Gasteiger partial charge in [0.1, 0.15) is 0 Å². The molecule has 0 aromatic rings. The van der Waals surface area contributed by atoms with Crippen LogP contribution in [0.3, 0.4) is 0 Å². The van der Waals surface area contributed by atoms with Crippen molar-refractivity contribution in [3.05, 3.63) is 24.3 Å². The van der Waals surface area contributed by atoms with Crippen LogP contribution in [0.5, 0.6) is 0 Å². The van der Waals surface area contributed by atoms with Gasteiger partial charge in [0.15, 0.2) is 11.6 Å². The topological polar surface area (TPSA) is 61.8 Å². The largest absolute Gasteiger partial charge is 1.00 e. The molecule has 0 unspecified atom stereocenters. The van der Waals surface area contributed by atoms with Crippen molar-refractivity contribution in [3.63, 3.8) is 0 Å². The highest BCUT2D eigenvalue weighted by Gasteiger charge is 1.98. The van der Waals surface area contributed by atoms with Gasteiger partial charge in [-0.25, -0.2) is 0 Å². The first-order valence-corrected chi connectivity index (χ1v) is 8.94. The van der Waals surface area contributed by atoms with Crippen molar-refractivity contribution in [2.75, 3.05) is 6.54 Å². The zero-order chi connectivity index (χ0) is 16.5. The van der Waals surface area contributed by atoms with Crippen molar-refractivity contribution in [1.82, 2.24) is 0 Å². The maximum atomic E-state index is 10.3. The number of hydrogen-bond donors (Lipinski definition) is 1. The SMILES string of the molecule is CCCCCCCCCCCCC[NH3+].O=C1C=CC(=O)C=C1.[Br-]. The Labute approximate surface area is 152 Å². The van der Waals surface area contributed by atoms with Crippen LogP contribution >= 0.6 is 0 Å². The van der Waals surface area contributed by atoms with E-state index in [1.165, 1.54) is 94.9 Å². The van der Waals surface area contributed by atoms with Crippen LogP contribution in [-0.2, 0) is 9.59 Å². The van der Waals surface area contributed by atoms with E-state index in [1.807, 2.05) is 0 Å². The van der Waals surface area contributed by atoms with Crippen LogP contribution in [0.2, 0.25) is 0 Å². The Balaban J connectivity index is 0. The summed E-state index contributed by atoms with van der Waals surface area (Å²) < 4.78 is 0. The van der Waals surface area contributed by atoms with E-state index < -0.39 is 0 Å². The van der Waals surface area contributed by atoms with Gasteiger partial charge in [0.2, 0.25) is 0 Å². The summed E-state index contributed by atoms with van der Waals surface area (Å²) in [7, 11) is 0. The number of carbonyl (C=O) groups excluding carboxylic acids is 2. The number of rotatable bonds is 11. The highest BCUT2D eigenvalue weighted by molar-refractivity contribution is 6.14. The average molecular weight is 388 g/mol. The molecule has 4 heteroatoms. The van der Waals surface area contributed by atoms with Crippen LogP contribution in [0.25, 0.3) is 0 Å². The number of ketones is 2. The molecule has 0 aliphatic heterocycles. The minimum Gasteiger partial charge on any atom is -1.00 e. The molecule has 1 aliphatic rings. The van der Waals surface area contributed by atoms with Crippen LogP contribution < -0.4 is 22.7 Å². The molecule has 0 amide bonds. The van der Waals surface area contributed by atoms with Gasteiger partial charge in [-0.15, -0.1) is 0 Å². The first-order valence-electron chi connectivity index (χ1n) is 8.94. The summed E-state index contributed by atoms with van der Waals surface area (Å²) in [5, 5.41) is 0. The summed E-state index contributed by atoms with van der Waals surface area (Å²) in [4.78, 5) is 20.6. The number of allylic oxidation sites excluding steroid dienone is 4. The summed E-state index contributed by atoms with van der Waals surface area (Å²) in [6.45, 7) is 3.40. The van der Waals surface area contributed by atoms with Crippen LogP contribution in [-0.4, -0.2) is 18.1 Å². The summed E-state index contributed by atoms with van der Waals surface area (Å²) in [6, 6.07) is 0. The van der Waals surface area contributed by atoms with E-state index in [4.69, 9.17) is 0 Å². The van der Waals surface area contributed by atoms with Gasteiger partial charge in [-0.2, -0.15) is 0 Å². The van der Waals surface area contributed by atoms with Crippen molar-refractivity contribution in [3.8, 4) is 0 Å². The van der Waals surface area contributed by atoms with Crippen molar-refractivity contribution in [2.45, 2.75) is 77.6 Å². The van der Waals surface area contributed by atoms with E-state index in [2.05, 4.69) is 12.7 Å². The molecule has 134 valence electrons. The van der Waals surface area contributed by atoms with Gasteiger partial charge >= 0.3 is 0 Å². The lowest BCUT2D eigenvalue weighted by molar-refractivity contribution is -0.368. The van der Waals surface area contributed by atoms with Gasteiger partial charge in [0.05, 0.1) is 6.54 Å². The third-order valence-corrected chi connectivity index (χ3v) is 3.68. The molecule has 23 heavy (non-hydrogen) atoms. The van der Waals surface area contributed by atoms with Gasteiger partial charge in [-0.05, 0) is 37.1 Å². The molecule has 0 bridgehead atoms. The van der Waals surface area contributed by atoms with Gasteiger partial charge in [0.25, 0.3) is 0 Å². The summed E-state index contributed by atoms with van der Waals surface area (Å²) >= 11 is 0. The predicted molar refractivity (Wildman–Crippen MR) is 92.5 cm³/mol. The van der Waals surface area contributed by atoms with Crippen LogP contribution in [0, 0.1) is 0 Å². The Bertz CT molecular complexity index is 301. The minimum absolute atomic E-state index is 0. The normalized spacial score (nSPS) is 12.6. The number of halogens is 1. The Hall–Kier alpha value is -0.740. The standard InChI is InChI=1S/C13H29N.C6H4O2.BrH/c1-2-3-4-5-6-7-8-9-10-11-12-13-14;7-5-1-2-6(8)4-3-5;/h2-14H2,1H3;1-4H;1H. The van der Waals surface area contributed by atoms with Gasteiger partial charge < -0.3 is 22.7 Å². The Morgan fingerprint density at radius 1 is 0.652 bits per heavy atom. The molecule has 1 rings (SSSR count). The Kier molecular flexibility index (Phi) is 20.6. The molecule has 0 atom stereocenters. The van der Waals surface area contributed by atoms with Crippen molar-refractivity contribution >= 4 is 11.6 Å². The second-order valence-electron chi connectivity index (χ2n) is 5.86. The second-order valence-corrected chi connectivity index (χ2v) is 5.86. The number of unbranched alkanes of at least 4 members (excludes halogenated alkanes) is 10. The molecule has 0 aromatic carbocycles. The molecule has 0 radical (unpaired) electrons. The molecule has 0 aromatic heterocycles. The van der Waals surface area contributed by atoms with Gasteiger partial charge in [-0.3, -0.25) is 9.59 Å². The fourth-order valence-electron chi connectivity index (χ4n) is 2.28. The lowest BCUT2D eigenvalue weighted by atomic mass is 10.1. The van der Waals surface area contributed by atoms with Gasteiger partial charge in [-0.1, -0.05) is 64.7 Å². The van der Waals surface area contributed by atoms with E-state index in [1.54, 1.807) is 0 Å². The third kappa shape index (κ3) is 19.2. The highest BCUT2D eigenvalue weighted by Crippen LogP contribution is 2.10. The predicted octanol–water partition coefficient (Wildman–Crippen LogP) is 0.794.